The zero-order valence-electron chi connectivity index (χ0n) is 12.9. The maximum Gasteiger partial charge on any atom is 0.408 e. The van der Waals surface area contributed by atoms with Gasteiger partial charge in [0, 0.05) is 37.0 Å². The standard InChI is InChI=1S/C15H20F3N3O2/c1-10-9-23-6-5-20(10)11-7-13(19-14(22)8-11)21-4-2-3-12(21)15(16,17)18/h7-8,10,12H,2-6,9H2,1H3,(H,19,22)/t10-,12-/m1/s1. The van der Waals surface area contributed by atoms with Crippen LogP contribution in [0, 0.1) is 0 Å². The van der Waals surface area contributed by atoms with Crippen LogP contribution in [-0.4, -0.2) is 49.5 Å². The zero-order valence-corrected chi connectivity index (χ0v) is 12.9. The molecular formula is C15H20F3N3O2. The molecule has 1 aromatic rings. The number of H-pyrrole nitrogens is 1. The molecule has 1 aromatic heterocycles. The summed E-state index contributed by atoms with van der Waals surface area (Å²) >= 11 is 0. The second-order valence-corrected chi connectivity index (χ2v) is 6.10. The van der Waals surface area contributed by atoms with Gasteiger partial charge in [-0.15, -0.1) is 0 Å². The van der Waals surface area contributed by atoms with E-state index in [1.165, 1.54) is 11.0 Å². The fourth-order valence-corrected chi connectivity index (χ4v) is 3.34. The van der Waals surface area contributed by atoms with Crippen LogP contribution < -0.4 is 15.4 Å². The maximum absolute atomic E-state index is 13.2. The lowest BCUT2D eigenvalue weighted by Gasteiger charge is -2.36. The Hall–Kier alpha value is -1.70. The van der Waals surface area contributed by atoms with Gasteiger partial charge in [0.2, 0.25) is 0 Å². The summed E-state index contributed by atoms with van der Waals surface area (Å²) in [5.41, 5.74) is 0.261. The third kappa shape index (κ3) is 3.31. The summed E-state index contributed by atoms with van der Waals surface area (Å²) in [7, 11) is 0. The number of aromatic nitrogens is 1. The van der Waals surface area contributed by atoms with Crippen LogP contribution in [0.3, 0.4) is 0 Å². The number of aromatic amines is 1. The van der Waals surface area contributed by atoms with Crippen molar-refractivity contribution in [1.82, 2.24) is 4.98 Å². The Kier molecular flexibility index (Phi) is 4.27. The molecule has 128 valence electrons. The lowest BCUT2D eigenvalue weighted by Crippen LogP contribution is -2.45. The second-order valence-electron chi connectivity index (χ2n) is 6.10. The minimum absolute atomic E-state index is 0.0592. The molecule has 3 rings (SSSR count). The van der Waals surface area contributed by atoms with Crippen LogP contribution in [0.5, 0.6) is 0 Å². The Morgan fingerprint density at radius 2 is 2.04 bits per heavy atom. The number of ether oxygens (including phenoxy) is 1. The van der Waals surface area contributed by atoms with Crippen LogP contribution in [0.15, 0.2) is 16.9 Å². The molecule has 0 aromatic carbocycles. The number of halogens is 3. The minimum atomic E-state index is -4.30. The van der Waals surface area contributed by atoms with Crippen LogP contribution in [0.1, 0.15) is 19.8 Å². The largest absolute Gasteiger partial charge is 0.408 e. The lowest BCUT2D eigenvalue weighted by molar-refractivity contribution is -0.146. The average molecular weight is 331 g/mol. The van der Waals surface area contributed by atoms with E-state index in [1.807, 2.05) is 11.8 Å². The number of anilines is 2. The Labute approximate surface area is 132 Å². The fraction of sp³-hybridized carbons (Fsp3) is 0.667. The molecule has 1 N–H and O–H groups in total. The molecule has 0 radical (unpaired) electrons. The summed E-state index contributed by atoms with van der Waals surface area (Å²) in [4.78, 5) is 17.8. The number of morpholine rings is 1. The predicted molar refractivity (Wildman–Crippen MR) is 81.1 cm³/mol. The molecule has 0 bridgehead atoms. The molecule has 2 saturated heterocycles. The first kappa shape index (κ1) is 16.2. The van der Waals surface area contributed by atoms with E-state index in [9.17, 15) is 18.0 Å². The molecule has 0 aliphatic carbocycles. The van der Waals surface area contributed by atoms with E-state index in [1.54, 1.807) is 6.07 Å². The van der Waals surface area contributed by atoms with Gasteiger partial charge in [-0.3, -0.25) is 4.79 Å². The molecule has 5 nitrogen and oxygen atoms in total. The number of rotatable bonds is 2. The third-order valence-corrected chi connectivity index (χ3v) is 4.45. The summed E-state index contributed by atoms with van der Waals surface area (Å²) in [5.74, 6) is 0.242. The molecule has 2 aliphatic rings. The van der Waals surface area contributed by atoms with E-state index in [-0.39, 0.29) is 23.8 Å². The van der Waals surface area contributed by atoms with Crippen molar-refractivity contribution in [2.24, 2.45) is 0 Å². The van der Waals surface area contributed by atoms with Gasteiger partial charge in [0.05, 0.1) is 13.2 Å². The normalized spacial score (nSPS) is 25.9. The molecule has 0 spiro atoms. The van der Waals surface area contributed by atoms with Gasteiger partial charge in [0.15, 0.2) is 0 Å². The summed E-state index contributed by atoms with van der Waals surface area (Å²) in [6.45, 7) is 3.96. The van der Waals surface area contributed by atoms with E-state index in [2.05, 4.69) is 4.98 Å². The summed E-state index contributed by atoms with van der Waals surface area (Å²) < 4.78 is 44.8. The Morgan fingerprint density at radius 1 is 1.26 bits per heavy atom. The zero-order chi connectivity index (χ0) is 16.6. The van der Waals surface area contributed by atoms with E-state index in [4.69, 9.17) is 4.74 Å². The summed E-state index contributed by atoms with van der Waals surface area (Å²) in [6.07, 6.45) is -3.77. The number of hydrogen-bond acceptors (Lipinski definition) is 4. The summed E-state index contributed by atoms with van der Waals surface area (Å²) in [6, 6.07) is 1.63. The maximum atomic E-state index is 13.2. The van der Waals surface area contributed by atoms with Crippen molar-refractivity contribution in [2.45, 2.75) is 38.0 Å². The fourth-order valence-electron chi connectivity index (χ4n) is 3.34. The molecule has 2 fully saturated rings. The Morgan fingerprint density at radius 3 is 2.74 bits per heavy atom. The molecule has 0 unspecified atom stereocenters. The second kappa shape index (κ2) is 6.07. The van der Waals surface area contributed by atoms with Crippen LogP contribution >= 0.6 is 0 Å². The van der Waals surface area contributed by atoms with Gasteiger partial charge in [0.25, 0.3) is 5.56 Å². The third-order valence-electron chi connectivity index (χ3n) is 4.45. The number of nitrogens with zero attached hydrogens (tertiary/aromatic N) is 2. The van der Waals surface area contributed by atoms with E-state index < -0.39 is 12.2 Å². The van der Waals surface area contributed by atoms with Crippen molar-refractivity contribution in [3.05, 3.63) is 22.5 Å². The van der Waals surface area contributed by atoms with Gasteiger partial charge in [-0.1, -0.05) is 0 Å². The molecule has 2 atom stereocenters. The monoisotopic (exact) mass is 331 g/mol. The highest BCUT2D eigenvalue weighted by Gasteiger charge is 2.46. The minimum Gasteiger partial charge on any atom is -0.377 e. The average Bonchev–Trinajstić information content (AvgIpc) is 2.96. The number of alkyl halides is 3. The SMILES string of the molecule is C[C@@H]1COCCN1c1cc(N2CCC[C@@H]2C(F)(F)F)[nH]c(=O)c1. The van der Waals surface area contributed by atoms with Gasteiger partial charge >= 0.3 is 6.18 Å². The highest BCUT2D eigenvalue weighted by molar-refractivity contribution is 5.56. The first-order chi connectivity index (χ1) is 10.9. The van der Waals surface area contributed by atoms with Crippen LogP contribution in [0.25, 0.3) is 0 Å². The molecule has 0 amide bonds. The van der Waals surface area contributed by atoms with Crippen molar-refractivity contribution < 1.29 is 17.9 Å². The van der Waals surface area contributed by atoms with Crippen molar-refractivity contribution >= 4 is 11.5 Å². The lowest BCUT2D eigenvalue weighted by atomic mass is 10.2. The van der Waals surface area contributed by atoms with Crippen LogP contribution in [0.4, 0.5) is 24.7 Å². The van der Waals surface area contributed by atoms with Gasteiger partial charge in [-0.05, 0) is 19.8 Å². The molecular weight excluding hydrogens is 311 g/mol. The van der Waals surface area contributed by atoms with Crippen LogP contribution in [0.2, 0.25) is 0 Å². The molecule has 0 saturated carbocycles. The predicted octanol–water partition coefficient (Wildman–Crippen LogP) is 2.13. The quantitative estimate of drug-likeness (QED) is 0.902. The first-order valence-electron chi connectivity index (χ1n) is 7.78. The van der Waals surface area contributed by atoms with Gasteiger partial charge in [0.1, 0.15) is 11.9 Å². The molecule has 3 heterocycles. The van der Waals surface area contributed by atoms with Crippen molar-refractivity contribution in [3.8, 4) is 0 Å². The molecule has 2 aliphatic heterocycles. The molecule has 23 heavy (non-hydrogen) atoms. The highest BCUT2D eigenvalue weighted by Crippen LogP contribution is 2.35. The van der Waals surface area contributed by atoms with Crippen molar-refractivity contribution in [3.63, 3.8) is 0 Å². The van der Waals surface area contributed by atoms with E-state index in [0.29, 0.717) is 38.4 Å². The smallest absolute Gasteiger partial charge is 0.377 e. The Balaban J connectivity index is 1.93. The topological polar surface area (TPSA) is 48.6 Å². The van der Waals surface area contributed by atoms with Crippen molar-refractivity contribution in [1.29, 1.82) is 0 Å². The van der Waals surface area contributed by atoms with Gasteiger partial charge < -0.3 is 19.5 Å². The number of pyridine rings is 1. The van der Waals surface area contributed by atoms with Gasteiger partial charge in [-0.25, -0.2) is 0 Å². The first-order valence-corrected chi connectivity index (χ1v) is 7.78. The molecule has 8 heteroatoms. The highest BCUT2D eigenvalue weighted by atomic mass is 19.4. The number of hydrogen-bond donors (Lipinski definition) is 1. The van der Waals surface area contributed by atoms with E-state index in [0.717, 1.165) is 0 Å². The van der Waals surface area contributed by atoms with E-state index >= 15 is 0 Å². The van der Waals surface area contributed by atoms with Crippen LogP contribution in [-0.2, 0) is 4.74 Å². The summed E-state index contributed by atoms with van der Waals surface area (Å²) in [5, 5.41) is 0. The Bertz CT molecular complexity index is 617. The van der Waals surface area contributed by atoms with Crippen molar-refractivity contribution in [2.75, 3.05) is 36.1 Å². The van der Waals surface area contributed by atoms with Gasteiger partial charge in [-0.2, -0.15) is 13.2 Å². The number of nitrogens with one attached hydrogen (secondary N) is 1.